The maximum absolute atomic E-state index is 11.6. The van der Waals surface area contributed by atoms with E-state index >= 15 is 0 Å². The molecule has 3 N–H and O–H groups in total. The van der Waals surface area contributed by atoms with Crippen LogP contribution in [-0.4, -0.2) is 46.4 Å². The molecular formula is C26H28N6O3. The van der Waals surface area contributed by atoms with Crippen LogP contribution in [0.5, 0.6) is 0 Å². The highest BCUT2D eigenvalue weighted by Gasteiger charge is 2.40. The normalized spacial score (nSPS) is 17.7. The number of benzene rings is 2. The number of hydrogen-bond donors (Lipinski definition) is 3. The highest BCUT2D eigenvalue weighted by molar-refractivity contribution is 5.80. The predicted molar refractivity (Wildman–Crippen MR) is 129 cm³/mol. The third-order valence-electron chi connectivity index (χ3n) is 6.69. The number of carboxylic acid groups (broad SMARTS) is 1. The van der Waals surface area contributed by atoms with Crippen LogP contribution in [0.15, 0.2) is 48.5 Å². The zero-order valence-corrected chi connectivity index (χ0v) is 19.6. The third kappa shape index (κ3) is 4.46. The van der Waals surface area contributed by atoms with Crippen molar-refractivity contribution in [3.05, 3.63) is 71.3 Å². The van der Waals surface area contributed by atoms with Crippen molar-refractivity contribution in [3.8, 4) is 22.5 Å². The monoisotopic (exact) mass is 472 g/mol. The van der Waals surface area contributed by atoms with Gasteiger partial charge >= 0.3 is 5.97 Å². The van der Waals surface area contributed by atoms with Gasteiger partial charge in [-0.2, -0.15) is 5.21 Å². The Balaban J connectivity index is 1.50. The number of aliphatic hydroxyl groups is 1. The largest absolute Gasteiger partial charge is 0.481 e. The molecule has 35 heavy (non-hydrogen) atoms. The Morgan fingerprint density at radius 1 is 1.11 bits per heavy atom. The minimum absolute atomic E-state index is 0.319. The summed E-state index contributed by atoms with van der Waals surface area (Å²) in [5.74, 6) is 0.402. The molecular weight excluding hydrogens is 444 g/mol. The molecule has 0 bridgehead atoms. The lowest BCUT2D eigenvalue weighted by atomic mass is 9.90. The van der Waals surface area contributed by atoms with E-state index in [0.717, 1.165) is 53.0 Å². The van der Waals surface area contributed by atoms with Crippen molar-refractivity contribution < 1.29 is 15.0 Å². The number of imidazole rings is 1. The molecule has 2 aromatic heterocycles. The topological polar surface area (TPSA) is 130 Å². The van der Waals surface area contributed by atoms with Gasteiger partial charge in [0.2, 0.25) is 5.82 Å². The summed E-state index contributed by atoms with van der Waals surface area (Å²) < 4.78 is 2.03. The number of carbonyl (C=O) groups is 1. The summed E-state index contributed by atoms with van der Waals surface area (Å²) in [6.07, 6.45) is 3.22. The summed E-state index contributed by atoms with van der Waals surface area (Å²) >= 11 is 0. The number of carboxylic acids is 1. The summed E-state index contributed by atoms with van der Waals surface area (Å²) in [7, 11) is 0. The molecule has 0 radical (unpaired) electrons. The number of hydrogen-bond acceptors (Lipinski definition) is 6. The Hall–Kier alpha value is -3.85. The van der Waals surface area contributed by atoms with Crippen LogP contribution in [0.3, 0.4) is 0 Å². The number of aryl methyl sites for hydroxylation is 2. The summed E-state index contributed by atoms with van der Waals surface area (Å²) in [6.45, 7) is 2.55. The van der Waals surface area contributed by atoms with Gasteiger partial charge in [-0.3, -0.25) is 4.79 Å². The molecule has 9 nitrogen and oxygen atoms in total. The van der Waals surface area contributed by atoms with E-state index in [9.17, 15) is 15.0 Å². The number of nitrogens with one attached hydrogen (secondary N) is 1. The van der Waals surface area contributed by atoms with E-state index in [-0.39, 0.29) is 6.42 Å². The summed E-state index contributed by atoms with van der Waals surface area (Å²) in [5.41, 5.74) is 4.04. The summed E-state index contributed by atoms with van der Waals surface area (Å²) in [4.78, 5) is 16.4. The Kier molecular flexibility index (Phi) is 6.17. The van der Waals surface area contributed by atoms with E-state index < -0.39 is 11.6 Å². The highest BCUT2D eigenvalue weighted by Crippen LogP contribution is 2.38. The SMILES string of the molecule is CCc1nc2c(n1Cc1ccc(-c3ccccc3-c3nn[nH]n3)cc1)C(O)(CC(=O)O)CCCC2. The van der Waals surface area contributed by atoms with Gasteiger partial charge < -0.3 is 14.8 Å². The van der Waals surface area contributed by atoms with E-state index in [1.807, 2.05) is 35.8 Å². The Morgan fingerprint density at radius 2 is 1.89 bits per heavy atom. The van der Waals surface area contributed by atoms with Crippen molar-refractivity contribution in [2.24, 2.45) is 0 Å². The van der Waals surface area contributed by atoms with Gasteiger partial charge in [0, 0.05) is 18.5 Å². The van der Waals surface area contributed by atoms with Crippen molar-refractivity contribution in [2.75, 3.05) is 0 Å². The maximum atomic E-state index is 11.6. The van der Waals surface area contributed by atoms with Crippen molar-refractivity contribution in [1.29, 1.82) is 0 Å². The fourth-order valence-corrected chi connectivity index (χ4v) is 5.12. The molecule has 0 saturated heterocycles. The third-order valence-corrected chi connectivity index (χ3v) is 6.69. The van der Waals surface area contributed by atoms with Gasteiger partial charge in [0.25, 0.3) is 0 Å². The lowest BCUT2D eigenvalue weighted by molar-refractivity contribution is -0.143. The van der Waals surface area contributed by atoms with Crippen LogP contribution < -0.4 is 0 Å². The molecule has 0 aliphatic heterocycles. The molecule has 1 aliphatic rings. The Bertz CT molecular complexity index is 1330. The number of fused-ring (bicyclic) bond motifs is 1. The zero-order valence-electron chi connectivity index (χ0n) is 19.6. The molecule has 0 fully saturated rings. The average molecular weight is 473 g/mol. The minimum Gasteiger partial charge on any atom is -0.481 e. The molecule has 9 heteroatoms. The molecule has 1 unspecified atom stereocenters. The molecule has 0 saturated carbocycles. The quantitative estimate of drug-likeness (QED) is 0.349. The van der Waals surface area contributed by atoms with Crippen LogP contribution in [0.1, 0.15) is 55.4 Å². The highest BCUT2D eigenvalue weighted by atomic mass is 16.4. The molecule has 0 spiro atoms. The second-order valence-corrected chi connectivity index (χ2v) is 9.05. The maximum Gasteiger partial charge on any atom is 0.306 e. The zero-order chi connectivity index (χ0) is 24.4. The number of rotatable bonds is 7. The van der Waals surface area contributed by atoms with Gasteiger partial charge in [-0.1, -0.05) is 55.5 Å². The number of aromatic amines is 1. The van der Waals surface area contributed by atoms with E-state index in [2.05, 4.69) is 44.9 Å². The first-order valence-corrected chi connectivity index (χ1v) is 11.9. The fourth-order valence-electron chi connectivity index (χ4n) is 5.12. The van der Waals surface area contributed by atoms with Crippen molar-refractivity contribution in [1.82, 2.24) is 30.2 Å². The van der Waals surface area contributed by atoms with Crippen molar-refractivity contribution in [2.45, 2.75) is 57.6 Å². The summed E-state index contributed by atoms with van der Waals surface area (Å²) in [6, 6.07) is 16.1. The van der Waals surface area contributed by atoms with Crippen LogP contribution in [0, 0.1) is 0 Å². The number of nitrogens with zero attached hydrogens (tertiary/aromatic N) is 5. The summed E-state index contributed by atoms with van der Waals surface area (Å²) in [5, 5.41) is 35.4. The first-order valence-electron chi connectivity index (χ1n) is 11.9. The van der Waals surface area contributed by atoms with Gasteiger partial charge in [-0.25, -0.2) is 4.98 Å². The van der Waals surface area contributed by atoms with Crippen LogP contribution in [0.2, 0.25) is 0 Å². The van der Waals surface area contributed by atoms with Gasteiger partial charge in [0.05, 0.1) is 17.8 Å². The molecule has 5 rings (SSSR count). The van der Waals surface area contributed by atoms with Crippen molar-refractivity contribution in [3.63, 3.8) is 0 Å². The lowest BCUT2D eigenvalue weighted by Crippen LogP contribution is -2.32. The molecule has 180 valence electrons. The molecule has 2 aromatic carbocycles. The molecule has 0 amide bonds. The Morgan fingerprint density at radius 3 is 2.57 bits per heavy atom. The molecule has 1 aliphatic carbocycles. The van der Waals surface area contributed by atoms with Crippen LogP contribution in [0.4, 0.5) is 0 Å². The average Bonchev–Trinajstić information content (AvgIpc) is 3.47. The number of tetrazole rings is 1. The van der Waals surface area contributed by atoms with Crippen LogP contribution in [-0.2, 0) is 29.8 Å². The lowest BCUT2D eigenvalue weighted by Gasteiger charge is -2.28. The van der Waals surface area contributed by atoms with E-state index in [1.54, 1.807) is 0 Å². The predicted octanol–water partition coefficient (Wildman–Crippen LogP) is 3.73. The fraction of sp³-hybridized carbons (Fsp3) is 0.346. The molecule has 1 atom stereocenters. The Labute approximate surface area is 202 Å². The van der Waals surface area contributed by atoms with Gasteiger partial charge in [0.1, 0.15) is 11.4 Å². The van der Waals surface area contributed by atoms with Crippen LogP contribution >= 0.6 is 0 Å². The van der Waals surface area contributed by atoms with E-state index in [0.29, 0.717) is 30.9 Å². The minimum atomic E-state index is -1.42. The van der Waals surface area contributed by atoms with Crippen molar-refractivity contribution >= 4 is 5.97 Å². The second kappa shape index (κ2) is 9.42. The number of aliphatic carboxylic acids is 1. The first-order chi connectivity index (χ1) is 17.0. The number of aromatic nitrogens is 6. The number of H-pyrrole nitrogens is 1. The van der Waals surface area contributed by atoms with Gasteiger partial charge in [-0.05, 0) is 47.6 Å². The second-order valence-electron chi connectivity index (χ2n) is 9.05. The van der Waals surface area contributed by atoms with Crippen LogP contribution in [0.25, 0.3) is 22.5 Å². The smallest absolute Gasteiger partial charge is 0.306 e. The van der Waals surface area contributed by atoms with E-state index in [1.165, 1.54) is 0 Å². The van der Waals surface area contributed by atoms with E-state index in [4.69, 9.17) is 4.98 Å². The first kappa shape index (κ1) is 22.9. The van der Waals surface area contributed by atoms with Gasteiger partial charge in [0.15, 0.2) is 0 Å². The molecule has 2 heterocycles. The molecule has 4 aromatic rings. The van der Waals surface area contributed by atoms with Gasteiger partial charge in [-0.15, -0.1) is 10.2 Å². The standard InChI is InChI=1S/C26H28N6O3/c1-2-22-27-21-9-5-6-14-26(35,15-23(33)34)24(21)32(22)16-17-10-12-18(13-11-17)19-7-3-4-8-20(19)25-28-30-31-29-25/h3-4,7-8,10-13,35H,2,5-6,9,14-16H2,1H3,(H,33,34)(H,28,29,30,31).